The molecule has 0 aliphatic carbocycles. The van der Waals surface area contributed by atoms with E-state index in [0.717, 1.165) is 17.0 Å². The Morgan fingerprint density at radius 3 is 2.37 bits per heavy atom. The summed E-state index contributed by atoms with van der Waals surface area (Å²) in [5.41, 5.74) is 4.87. The molecule has 1 aromatic heterocycles. The molecule has 3 rings (SSSR count). The van der Waals surface area contributed by atoms with E-state index in [-0.39, 0.29) is 5.91 Å². The summed E-state index contributed by atoms with van der Waals surface area (Å²) in [4.78, 5) is 16.8. The third-order valence-corrected chi connectivity index (χ3v) is 4.13. The summed E-state index contributed by atoms with van der Waals surface area (Å²) in [6.45, 7) is 4.55. The summed E-state index contributed by atoms with van der Waals surface area (Å²) in [5.74, 6) is 1.29. The van der Waals surface area contributed by atoms with Crippen molar-refractivity contribution in [2.24, 2.45) is 0 Å². The lowest BCUT2D eigenvalue weighted by atomic mass is 10.1. The molecule has 5 heteroatoms. The van der Waals surface area contributed by atoms with E-state index in [2.05, 4.69) is 35.5 Å². The van der Waals surface area contributed by atoms with Gasteiger partial charge in [0.25, 0.3) is 5.91 Å². The Morgan fingerprint density at radius 1 is 1.00 bits per heavy atom. The molecular weight excluding hydrogens is 338 g/mol. The molecule has 1 amide bonds. The number of anilines is 2. The van der Waals surface area contributed by atoms with Gasteiger partial charge in [0.05, 0.1) is 7.11 Å². The zero-order chi connectivity index (χ0) is 19.2. The summed E-state index contributed by atoms with van der Waals surface area (Å²) in [5, 5.41) is 6.19. The first-order valence-corrected chi connectivity index (χ1v) is 8.76. The minimum atomic E-state index is -0.142. The molecule has 0 aliphatic rings. The van der Waals surface area contributed by atoms with Crippen LogP contribution >= 0.6 is 0 Å². The van der Waals surface area contributed by atoms with Crippen molar-refractivity contribution in [2.45, 2.75) is 20.4 Å². The van der Waals surface area contributed by atoms with Gasteiger partial charge in [-0.15, -0.1) is 0 Å². The Morgan fingerprint density at radius 2 is 1.70 bits per heavy atom. The Hall–Kier alpha value is -3.34. The highest BCUT2D eigenvalue weighted by molar-refractivity contribution is 5.94. The van der Waals surface area contributed by atoms with Crippen molar-refractivity contribution in [2.75, 3.05) is 12.4 Å². The minimum Gasteiger partial charge on any atom is -0.497 e. The molecule has 0 saturated carbocycles. The maximum absolute atomic E-state index is 12.5. The first-order chi connectivity index (χ1) is 13.0. The largest absolute Gasteiger partial charge is 0.497 e. The number of aryl methyl sites for hydroxylation is 2. The molecule has 2 N–H and O–H groups in total. The Kier molecular flexibility index (Phi) is 5.71. The molecule has 5 nitrogen and oxygen atoms in total. The van der Waals surface area contributed by atoms with Gasteiger partial charge in [-0.1, -0.05) is 18.2 Å². The number of carbonyl (C=O) groups excluding carboxylic acids is 1. The van der Waals surface area contributed by atoms with Gasteiger partial charge >= 0.3 is 0 Å². The zero-order valence-corrected chi connectivity index (χ0v) is 15.7. The number of amides is 1. The standard InChI is InChI=1S/C22H23N3O2/c1-15-10-16(2)12-19(11-15)25-21-13-18(8-9-23-21)22(26)24-14-17-4-6-20(27-3)7-5-17/h4-13H,14H2,1-3H3,(H,23,25)(H,24,26). The molecule has 2 aromatic carbocycles. The van der Waals surface area contributed by atoms with Gasteiger partial charge in [-0.2, -0.15) is 0 Å². The summed E-state index contributed by atoms with van der Waals surface area (Å²) in [6.07, 6.45) is 1.63. The summed E-state index contributed by atoms with van der Waals surface area (Å²) >= 11 is 0. The van der Waals surface area contributed by atoms with Crippen molar-refractivity contribution >= 4 is 17.4 Å². The Labute approximate surface area is 159 Å². The van der Waals surface area contributed by atoms with Crippen LogP contribution in [0.1, 0.15) is 27.0 Å². The number of carbonyl (C=O) groups is 1. The number of rotatable bonds is 6. The lowest BCUT2D eigenvalue weighted by Crippen LogP contribution is -2.22. The number of hydrogen-bond donors (Lipinski definition) is 2. The second kappa shape index (κ2) is 8.36. The van der Waals surface area contributed by atoms with Crippen molar-refractivity contribution in [3.63, 3.8) is 0 Å². The molecule has 0 spiro atoms. The van der Waals surface area contributed by atoms with E-state index in [0.29, 0.717) is 17.9 Å². The van der Waals surface area contributed by atoms with Crippen LogP contribution in [0.2, 0.25) is 0 Å². The molecule has 0 saturated heterocycles. The van der Waals surface area contributed by atoms with Crippen LogP contribution in [0.3, 0.4) is 0 Å². The van der Waals surface area contributed by atoms with Crippen molar-refractivity contribution in [3.8, 4) is 5.75 Å². The van der Waals surface area contributed by atoms with E-state index in [1.54, 1.807) is 25.4 Å². The quantitative estimate of drug-likeness (QED) is 0.684. The van der Waals surface area contributed by atoms with Gasteiger partial charge in [-0.3, -0.25) is 4.79 Å². The SMILES string of the molecule is COc1ccc(CNC(=O)c2ccnc(Nc3cc(C)cc(C)c3)c2)cc1. The van der Waals surface area contributed by atoms with E-state index >= 15 is 0 Å². The molecule has 0 radical (unpaired) electrons. The Bertz CT molecular complexity index is 916. The Balaban J connectivity index is 1.65. The van der Waals surface area contributed by atoms with Crippen LogP contribution in [0.25, 0.3) is 0 Å². The van der Waals surface area contributed by atoms with Gasteiger partial charge in [0, 0.05) is 24.0 Å². The number of nitrogens with one attached hydrogen (secondary N) is 2. The van der Waals surface area contributed by atoms with Gasteiger partial charge in [-0.25, -0.2) is 4.98 Å². The predicted molar refractivity (Wildman–Crippen MR) is 108 cm³/mol. The van der Waals surface area contributed by atoms with Crippen molar-refractivity contribution in [3.05, 3.63) is 83.0 Å². The molecule has 1 heterocycles. The number of nitrogens with zero attached hydrogens (tertiary/aromatic N) is 1. The smallest absolute Gasteiger partial charge is 0.251 e. The van der Waals surface area contributed by atoms with Crippen LogP contribution in [-0.4, -0.2) is 18.0 Å². The highest BCUT2D eigenvalue weighted by Gasteiger charge is 2.07. The van der Waals surface area contributed by atoms with Crippen LogP contribution in [0, 0.1) is 13.8 Å². The highest BCUT2D eigenvalue weighted by atomic mass is 16.5. The van der Waals surface area contributed by atoms with Gasteiger partial charge in [0.2, 0.25) is 0 Å². The van der Waals surface area contributed by atoms with Gasteiger partial charge in [0.1, 0.15) is 11.6 Å². The lowest BCUT2D eigenvalue weighted by molar-refractivity contribution is 0.0951. The van der Waals surface area contributed by atoms with Crippen LogP contribution in [0.15, 0.2) is 60.8 Å². The summed E-state index contributed by atoms with van der Waals surface area (Å²) < 4.78 is 5.14. The number of pyridine rings is 1. The molecule has 3 aromatic rings. The number of methoxy groups -OCH3 is 1. The summed E-state index contributed by atoms with van der Waals surface area (Å²) in [6, 6.07) is 17.3. The number of benzene rings is 2. The van der Waals surface area contributed by atoms with E-state index in [4.69, 9.17) is 4.74 Å². The number of aromatic nitrogens is 1. The van der Waals surface area contributed by atoms with E-state index < -0.39 is 0 Å². The van der Waals surface area contributed by atoms with Crippen LogP contribution in [0.4, 0.5) is 11.5 Å². The van der Waals surface area contributed by atoms with E-state index in [9.17, 15) is 4.79 Å². The van der Waals surface area contributed by atoms with Gasteiger partial charge in [0.15, 0.2) is 0 Å². The van der Waals surface area contributed by atoms with Crippen molar-refractivity contribution in [1.29, 1.82) is 0 Å². The molecule has 0 atom stereocenters. The zero-order valence-electron chi connectivity index (χ0n) is 15.7. The summed E-state index contributed by atoms with van der Waals surface area (Å²) in [7, 11) is 1.63. The van der Waals surface area contributed by atoms with E-state index in [1.165, 1.54) is 11.1 Å². The number of ether oxygens (including phenoxy) is 1. The maximum atomic E-state index is 12.5. The lowest BCUT2D eigenvalue weighted by Gasteiger charge is -2.10. The van der Waals surface area contributed by atoms with Crippen molar-refractivity contribution < 1.29 is 9.53 Å². The molecule has 27 heavy (non-hydrogen) atoms. The average molecular weight is 361 g/mol. The second-order valence-electron chi connectivity index (χ2n) is 6.46. The molecule has 0 aliphatic heterocycles. The van der Waals surface area contributed by atoms with Crippen molar-refractivity contribution in [1.82, 2.24) is 10.3 Å². The minimum absolute atomic E-state index is 0.142. The monoisotopic (exact) mass is 361 g/mol. The number of hydrogen-bond acceptors (Lipinski definition) is 4. The maximum Gasteiger partial charge on any atom is 0.251 e. The van der Waals surface area contributed by atoms with Crippen LogP contribution in [0.5, 0.6) is 5.75 Å². The molecular formula is C22H23N3O2. The fourth-order valence-electron chi connectivity index (χ4n) is 2.86. The predicted octanol–water partition coefficient (Wildman–Crippen LogP) is 4.38. The first kappa shape index (κ1) is 18.5. The third-order valence-electron chi connectivity index (χ3n) is 4.13. The third kappa shape index (κ3) is 5.07. The molecule has 0 fully saturated rings. The average Bonchev–Trinajstić information content (AvgIpc) is 2.66. The van der Waals surface area contributed by atoms with Gasteiger partial charge < -0.3 is 15.4 Å². The van der Waals surface area contributed by atoms with Gasteiger partial charge in [-0.05, 0) is 66.9 Å². The molecule has 0 bridgehead atoms. The fraction of sp³-hybridized carbons (Fsp3) is 0.182. The highest BCUT2D eigenvalue weighted by Crippen LogP contribution is 2.19. The molecule has 0 unspecified atom stereocenters. The normalized spacial score (nSPS) is 10.3. The van der Waals surface area contributed by atoms with Crippen LogP contribution in [-0.2, 0) is 6.54 Å². The molecule has 138 valence electrons. The second-order valence-corrected chi connectivity index (χ2v) is 6.46. The van der Waals surface area contributed by atoms with Crippen LogP contribution < -0.4 is 15.4 Å². The van der Waals surface area contributed by atoms with E-state index in [1.807, 2.05) is 36.4 Å². The fourth-order valence-corrected chi connectivity index (χ4v) is 2.86. The topological polar surface area (TPSA) is 63.2 Å². The first-order valence-electron chi connectivity index (χ1n) is 8.76.